The van der Waals surface area contributed by atoms with Gasteiger partial charge in [0.05, 0.1) is 35.6 Å². The molecule has 2 bridgehead atoms. The average Bonchev–Trinajstić information content (AvgIpc) is 3.44. The summed E-state index contributed by atoms with van der Waals surface area (Å²) in [7, 11) is 0. The first kappa shape index (κ1) is 25.8. The topological polar surface area (TPSA) is 155 Å². The van der Waals surface area contributed by atoms with Crippen molar-refractivity contribution < 1.29 is 53.1 Å². The number of ether oxygens (including phenoxy) is 5. The smallest absolute Gasteiger partial charge is 0.311 e. The molecule has 11 nitrogen and oxygen atoms in total. The van der Waals surface area contributed by atoms with Crippen LogP contribution in [0.25, 0.3) is 0 Å². The molecule has 0 aromatic heterocycles. The Morgan fingerprint density at radius 1 is 0.975 bits per heavy atom. The van der Waals surface area contributed by atoms with Crippen LogP contribution in [0.5, 0.6) is 0 Å². The Morgan fingerprint density at radius 3 is 2.42 bits per heavy atom. The molecule has 8 rings (SSSR count). The molecule has 11 heteroatoms. The second-order valence-electron chi connectivity index (χ2n) is 14.7. The average molecular weight is 561 g/mol. The van der Waals surface area contributed by atoms with Crippen molar-refractivity contribution in [3.8, 4) is 0 Å². The van der Waals surface area contributed by atoms with Gasteiger partial charge in [-0.1, -0.05) is 6.92 Å². The molecule has 0 unspecified atom stereocenters. The number of Topliss-reactive ketones (excluding diaryl/α,β-unsaturated/α-hetero) is 2. The first-order chi connectivity index (χ1) is 18.5. The van der Waals surface area contributed by atoms with Crippen molar-refractivity contribution >= 4 is 23.5 Å². The molecule has 0 aromatic carbocycles. The molecular formula is C29H36O11. The van der Waals surface area contributed by atoms with Crippen LogP contribution < -0.4 is 0 Å². The Kier molecular flexibility index (Phi) is 4.50. The highest BCUT2D eigenvalue weighted by atomic mass is 16.7. The van der Waals surface area contributed by atoms with E-state index in [1.54, 1.807) is 13.8 Å². The molecule has 0 radical (unpaired) electrons. The van der Waals surface area contributed by atoms with Crippen molar-refractivity contribution in [1.82, 2.24) is 0 Å². The van der Waals surface area contributed by atoms with E-state index in [0.29, 0.717) is 0 Å². The van der Waals surface area contributed by atoms with Crippen LogP contribution in [0, 0.1) is 35.0 Å². The van der Waals surface area contributed by atoms with Gasteiger partial charge in [-0.05, 0) is 47.0 Å². The lowest BCUT2D eigenvalue weighted by molar-refractivity contribution is -0.336. The van der Waals surface area contributed by atoms with E-state index in [9.17, 15) is 29.4 Å². The van der Waals surface area contributed by atoms with Crippen LogP contribution >= 0.6 is 0 Å². The minimum atomic E-state index is -1.99. The van der Waals surface area contributed by atoms with Gasteiger partial charge >= 0.3 is 11.9 Å². The molecule has 3 spiro atoms. The van der Waals surface area contributed by atoms with Crippen molar-refractivity contribution in [3.05, 3.63) is 0 Å². The normalized spacial score (nSPS) is 60.6. The fraction of sp³-hybridized carbons (Fsp3) is 0.862. The Hall–Kier alpha value is -1.92. The number of hydrogen-bond acceptors (Lipinski definition) is 11. The maximum Gasteiger partial charge on any atom is 0.311 e. The number of rotatable bonds is 0. The number of hydrogen-bond donors (Lipinski definition) is 2. The lowest BCUT2D eigenvalue weighted by Crippen LogP contribution is -2.65. The van der Waals surface area contributed by atoms with E-state index in [4.69, 9.17) is 23.7 Å². The van der Waals surface area contributed by atoms with Crippen molar-refractivity contribution in [1.29, 1.82) is 0 Å². The minimum Gasteiger partial charge on any atom is -0.459 e. The highest BCUT2D eigenvalue weighted by Gasteiger charge is 2.85. The molecule has 40 heavy (non-hydrogen) atoms. The lowest BCUT2D eigenvalue weighted by atomic mass is 9.60. The number of fused-ring (bicyclic) bond motifs is 2. The third kappa shape index (κ3) is 2.55. The van der Waals surface area contributed by atoms with E-state index < -0.39 is 105 Å². The molecule has 2 saturated carbocycles. The van der Waals surface area contributed by atoms with Gasteiger partial charge in [-0.25, -0.2) is 0 Å². The molecule has 8 fully saturated rings. The monoisotopic (exact) mass is 560 g/mol. The summed E-state index contributed by atoms with van der Waals surface area (Å²) in [6.45, 7) is 8.62. The summed E-state index contributed by atoms with van der Waals surface area (Å²) in [5, 5.41) is 23.5. The van der Waals surface area contributed by atoms with Gasteiger partial charge in [0.1, 0.15) is 29.5 Å². The van der Waals surface area contributed by atoms with Gasteiger partial charge in [0.15, 0.2) is 5.78 Å². The number of aliphatic hydroxyl groups excluding tert-OH is 1. The molecule has 6 saturated heterocycles. The number of carbonyl (C=O) groups excluding carboxylic acids is 4. The number of esters is 2. The van der Waals surface area contributed by atoms with Gasteiger partial charge < -0.3 is 33.9 Å². The lowest BCUT2D eigenvalue weighted by Gasteiger charge is -2.50. The van der Waals surface area contributed by atoms with Gasteiger partial charge in [0.25, 0.3) is 0 Å². The van der Waals surface area contributed by atoms with Gasteiger partial charge in [-0.2, -0.15) is 0 Å². The van der Waals surface area contributed by atoms with Crippen LogP contribution in [-0.4, -0.2) is 86.3 Å². The van der Waals surface area contributed by atoms with Gasteiger partial charge in [-0.15, -0.1) is 0 Å². The SMILES string of the molecule is C[C@H]1C(=O)O[C@@H]2[C@H]1O[C@@]13O[C@]4(CC[C@@]5(C)C(=O)[C@](C)(O)[C@@H]2[C@@H]15)C[C@@]12OC(=O)C[C@@H]1OC(C)(C)[C@H]2C[C@@H](O)[C@@H]4C3=O. The second-order valence-corrected chi connectivity index (χ2v) is 14.7. The fourth-order valence-corrected chi connectivity index (χ4v) is 10.8. The fourth-order valence-electron chi connectivity index (χ4n) is 10.8. The minimum absolute atomic E-state index is 0.0663. The van der Waals surface area contributed by atoms with E-state index in [1.165, 1.54) is 6.92 Å². The van der Waals surface area contributed by atoms with Crippen molar-refractivity contribution in [2.45, 2.75) is 119 Å². The molecular weight excluding hydrogens is 524 g/mol. The predicted octanol–water partition coefficient (Wildman–Crippen LogP) is 0.598. The molecule has 2 aliphatic carbocycles. The second kappa shape index (κ2) is 6.99. The van der Waals surface area contributed by atoms with Crippen molar-refractivity contribution in [2.75, 3.05) is 0 Å². The van der Waals surface area contributed by atoms with E-state index in [-0.39, 0.29) is 38.0 Å². The van der Waals surface area contributed by atoms with Gasteiger partial charge in [0.2, 0.25) is 11.6 Å². The quantitative estimate of drug-likeness (QED) is 0.400. The van der Waals surface area contributed by atoms with Crippen LogP contribution in [0.4, 0.5) is 0 Å². The summed E-state index contributed by atoms with van der Waals surface area (Å²) in [6.07, 6.45) is -2.79. The largest absolute Gasteiger partial charge is 0.459 e. The van der Waals surface area contributed by atoms with Crippen molar-refractivity contribution in [3.63, 3.8) is 0 Å². The highest BCUT2D eigenvalue weighted by Crippen LogP contribution is 2.71. The molecule has 218 valence electrons. The van der Waals surface area contributed by atoms with E-state index in [0.717, 1.165) is 0 Å². The Morgan fingerprint density at radius 2 is 1.70 bits per heavy atom. The van der Waals surface area contributed by atoms with Crippen molar-refractivity contribution in [2.24, 2.45) is 35.0 Å². The number of ketones is 2. The third-order valence-electron chi connectivity index (χ3n) is 12.3. The number of carbonyl (C=O) groups is 4. The van der Waals surface area contributed by atoms with Crippen LogP contribution in [-0.2, 0) is 42.9 Å². The molecule has 6 heterocycles. The van der Waals surface area contributed by atoms with Gasteiger partial charge in [-0.3, -0.25) is 19.2 Å². The van der Waals surface area contributed by atoms with E-state index in [2.05, 4.69) is 0 Å². The first-order valence-electron chi connectivity index (χ1n) is 14.5. The maximum absolute atomic E-state index is 14.8. The molecule has 0 aromatic rings. The Bertz CT molecular complexity index is 1290. The van der Waals surface area contributed by atoms with E-state index in [1.807, 2.05) is 13.8 Å². The standard InChI is InChI=1S/C29H36O11/c1-11-18-19(36-22(11)33)17-20-25(4,23(34)26(17,5)35)6-7-27-10-28-13(24(2,3)37-14(28)9-15(31)38-28)8-12(30)16(27)21(32)29(20,39-18)40-27/h11-14,16-20,30,35H,6-10H2,1-5H3/t11-,12-,13-,14+,16-,17+,18+,19+,20-,25-,26-,27-,28+,29-/m1/s1. The highest BCUT2D eigenvalue weighted by molar-refractivity contribution is 6.00. The maximum atomic E-state index is 14.8. The zero-order valence-corrected chi connectivity index (χ0v) is 23.3. The van der Waals surface area contributed by atoms with Gasteiger partial charge in [0, 0.05) is 29.6 Å². The summed E-state index contributed by atoms with van der Waals surface area (Å²) in [6, 6.07) is 0. The number of aliphatic hydroxyl groups is 2. The zero-order valence-electron chi connectivity index (χ0n) is 23.3. The molecule has 6 aliphatic heterocycles. The summed E-state index contributed by atoms with van der Waals surface area (Å²) < 4.78 is 31.7. The van der Waals surface area contributed by atoms with Crippen LogP contribution in [0.1, 0.15) is 66.7 Å². The summed E-state index contributed by atoms with van der Waals surface area (Å²) in [5.41, 5.74) is -6.27. The summed E-state index contributed by atoms with van der Waals surface area (Å²) >= 11 is 0. The third-order valence-corrected chi connectivity index (χ3v) is 12.3. The predicted molar refractivity (Wildman–Crippen MR) is 130 cm³/mol. The molecule has 8 aliphatic rings. The molecule has 14 atom stereocenters. The van der Waals surface area contributed by atoms with E-state index >= 15 is 0 Å². The van der Waals surface area contributed by atoms with Crippen LogP contribution in [0.2, 0.25) is 0 Å². The van der Waals surface area contributed by atoms with Crippen LogP contribution in [0.15, 0.2) is 0 Å². The summed E-state index contributed by atoms with van der Waals surface area (Å²) in [5.74, 6) is -7.87. The summed E-state index contributed by atoms with van der Waals surface area (Å²) in [4.78, 5) is 54.3. The Balaban J connectivity index is 1.33. The molecule has 0 amide bonds. The molecule has 2 N–H and O–H groups in total. The van der Waals surface area contributed by atoms with Crippen LogP contribution in [0.3, 0.4) is 0 Å². The zero-order chi connectivity index (χ0) is 28.6. The Labute approximate surface area is 231 Å². The first-order valence-corrected chi connectivity index (χ1v) is 14.5.